The molecule has 276 valence electrons. The zero-order chi connectivity index (χ0) is 38.2. The van der Waals surface area contributed by atoms with E-state index in [1.807, 2.05) is 0 Å². The topological polar surface area (TPSA) is 47.9 Å². The smallest absolute Gasteiger partial charge is 0.250 e. The van der Waals surface area contributed by atoms with Gasteiger partial charge in [0.25, 0.3) is 0 Å². The lowest BCUT2D eigenvalue weighted by atomic mass is 9.73. The molecule has 1 atom stereocenters. The van der Waals surface area contributed by atoms with Crippen LogP contribution in [-0.2, 0) is 0 Å². The Morgan fingerprint density at radius 3 is 0.765 bits per heavy atom. The Labute approximate surface area is 313 Å². The van der Waals surface area contributed by atoms with Gasteiger partial charge in [-0.2, -0.15) is 0 Å². The standard InChI is InChI=1S/C44H64O4Si3/c1-42(2,3)49(10,11)46-37-26-18-33(19-27-37)40(32-16-24-36(45)25-17-32)41(34-20-28-38(29-21-34)47-50(12,13)43(4,5)6)35-22-30-39(31-23-35)48-51(14,15)44(7,8)9/h16-31,40-41,45H,1-15H3. The zero-order valence-electron chi connectivity index (χ0n) is 34.1. The van der Waals surface area contributed by atoms with Crippen LogP contribution in [0.25, 0.3) is 0 Å². The second-order valence-corrected chi connectivity index (χ2v) is 33.0. The summed E-state index contributed by atoms with van der Waals surface area (Å²) >= 11 is 0. The first-order valence-electron chi connectivity index (χ1n) is 18.5. The fourth-order valence-corrected chi connectivity index (χ4v) is 8.50. The highest BCUT2D eigenvalue weighted by molar-refractivity contribution is 6.75. The lowest BCUT2D eigenvalue weighted by Gasteiger charge is -2.37. The van der Waals surface area contributed by atoms with Crippen molar-refractivity contribution in [2.45, 2.75) is 129 Å². The van der Waals surface area contributed by atoms with Gasteiger partial charge in [0.1, 0.15) is 23.0 Å². The fourth-order valence-electron chi connectivity index (χ4n) is 5.41. The number of rotatable bonds is 11. The van der Waals surface area contributed by atoms with Gasteiger partial charge in [-0.1, -0.05) is 111 Å². The molecule has 0 fully saturated rings. The predicted octanol–water partition coefficient (Wildman–Crippen LogP) is 13.5. The molecule has 1 N–H and O–H groups in total. The van der Waals surface area contributed by atoms with Crippen molar-refractivity contribution in [1.29, 1.82) is 0 Å². The molecule has 0 aromatic heterocycles. The third kappa shape index (κ3) is 9.59. The van der Waals surface area contributed by atoms with E-state index >= 15 is 0 Å². The van der Waals surface area contributed by atoms with Crippen molar-refractivity contribution < 1.29 is 18.4 Å². The van der Waals surface area contributed by atoms with Crippen LogP contribution in [0.1, 0.15) is 96.4 Å². The van der Waals surface area contributed by atoms with E-state index < -0.39 is 25.0 Å². The van der Waals surface area contributed by atoms with E-state index in [9.17, 15) is 5.11 Å². The van der Waals surface area contributed by atoms with E-state index in [2.05, 4.69) is 187 Å². The fraction of sp³-hybridized carbons (Fsp3) is 0.455. The molecule has 4 rings (SSSR count). The molecule has 0 bridgehead atoms. The number of phenols is 1. The molecule has 1 unspecified atom stereocenters. The second-order valence-electron chi connectivity index (χ2n) is 18.8. The van der Waals surface area contributed by atoms with E-state index in [4.69, 9.17) is 13.3 Å². The van der Waals surface area contributed by atoms with Crippen LogP contribution in [0.4, 0.5) is 0 Å². The normalized spacial score (nSPS) is 14.0. The summed E-state index contributed by atoms with van der Waals surface area (Å²) in [6.07, 6.45) is 0. The molecular weight excluding hydrogens is 677 g/mol. The minimum atomic E-state index is -2.00. The van der Waals surface area contributed by atoms with Gasteiger partial charge < -0.3 is 18.4 Å². The Kier molecular flexibility index (Phi) is 11.6. The minimum absolute atomic E-state index is 0.0365. The van der Waals surface area contributed by atoms with Crippen LogP contribution in [0.15, 0.2) is 97.1 Å². The highest BCUT2D eigenvalue weighted by Gasteiger charge is 2.41. The van der Waals surface area contributed by atoms with Crippen molar-refractivity contribution >= 4 is 25.0 Å². The molecule has 4 aromatic carbocycles. The molecule has 7 heteroatoms. The lowest BCUT2D eigenvalue weighted by Crippen LogP contribution is -2.43. The van der Waals surface area contributed by atoms with Gasteiger partial charge in [-0.05, 0) is 125 Å². The highest BCUT2D eigenvalue weighted by Crippen LogP contribution is 2.46. The molecule has 0 saturated carbocycles. The largest absolute Gasteiger partial charge is 0.544 e. The summed E-state index contributed by atoms with van der Waals surface area (Å²) in [6.45, 7) is 34.2. The Morgan fingerprint density at radius 1 is 0.373 bits per heavy atom. The maximum Gasteiger partial charge on any atom is 0.250 e. The molecule has 0 amide bonds. The quantitative estimate of drug-likeness (QED) is 0.156. The van der Waals surface area contributed by atoms with E-state index in [0.29, 0.717) is 0 Å². The maximum absolute atomic E-state index is 10.3. The number of benzene rings is 4. The van der Waals surface area contributed by atoms with E-state index in [-0.39, 0.29) is 32.7 Å². The van der Waals surface area contributed by atoms with Crippen LogP contribution < -0.4 is 13.3 Å². The summed E-state index contributed by atoms with van der Waals surface area (Å²) in [6, 6.07) is 33.9. The number of hydrogen-bond acceptors (Lipinski definition) is 4. The first-order chi connectivity index (χ1) is 23.3. The number of hydrogen-bond donors (Lipinski definition) is 1. The monoisotopic (exact) mass is 740 g/mol. The Hall–Kier alpha value is -3.27. The Morgan fingerprint density at radius 2 is 0.569 bits per heavy atom. The third-order valence-electron chi connectivity index (χ3n) is 11.8. The molecule has 4 nitrogen and oxygen atoms in total. The van der Waals surface area contributed by atoms with Crippen LogP contribution in [0, 0.1) is 0 Å². The van der Waals surface area contributed by atoms with Gasteiger partial charge in [0.05, 0.1) is 0 Å². The van der Waals surface area contributed by atoms with Crippen molar-refractivity contribution in [3.63, 3.8) is 0 Å². The van der Waals surface area contributed by atoms with E-state index in [0.717, 1.165) is 22.8 Å². The molecule has 0 spiro atoms. The maximum atomic E-state index is 10.3. The minimum Gasteiger partial charge on any atom is -0.544 e. The summed E-state index contributed by atoms with van der Waals surface area (Å²) in [5.74, 6) is 2.90. The van der Waals surface area contributed by atoms with Crippen molar-refractivity contribution in [3.8, 4) is 23.0 Å². The van der Waals surface area contributed by atoms with E-state index in [1.54, 1.807) is 12.1 Å². The van der Waals surface area contributed by atoms with Gasteiger partial charge in [0.2, 0.25) is 25.0 Å². The summed E-state index contributed by atoms with van der Waals surface area (Å²) in [5, 5.41) is 10.6. The van der Waals surface area contributed by atoms with Crippen molar-refractivity contribution in [1.82, 2.24) is 0 Å². The molecule has 0 aliphatic heterocycles. The Bertz CT molecular complexity index is 1650. The van der Waals surface area contributed by atoms with Gasteiger partial charge >= 0.3 is 0 Å². The van der Waals surface area contributed by atoms with Gasteiger partial charge in [-0.25, -0.2) is 0 Å². The average Bonchev–Trinajstić information content (AvgIpc) is 3.00. The van der Waals surface area contributed by atoms with Crippen LogP contribution in [0.3, 0.4) is 0 Å². The molecule has 0 heterocycles. The van der Waals surface area contributed by atoms with Crippen LogP contribution in [0.5, 0.6) is 23.0 Å². The van der Waals surface area contributed by atoms with Crippen molar-refractivity contribution in [3.05, 3.63) is 119 Å². The summed E-state index contributed by atoms with van der Waals surface area (Å²) < 4.78 is 20.1. The number of phenolic OH excluding ortho intramolecular Hbond substituents is 1. The van der Waals surface area contributed by atoms with Crippen LogP contribution in [-0.4, -0.2) is 30.1 Å². The molecule has 0 saturated heterocycles. The Balaban J connectivity index is 1.85. The predicted molar refractivity (Wildman–Crippen MR) is 225 cm³/mol. The SMILES string of the molecule is CC(C)(C)[Si](C)(C)Oc1ccc(C(c2ccc(O)cc2)C(c2ccc(O[Si](C)(C)C(C)(C)C)cc2)c2ccc(O[Si](C)(C)C(C)(C)C)cc2)cc1. The highest BCUT2D eigenvalue weighted by atomic mass is 28.4. The third-order valence-corrected chi connectivity index (χ3v) is 24.9. The number of aromatic hydroxyl groups is 1. The molecule has 51 heavy (non-hydrogen) atoms. The first kappa shape index (κ1) is 40.5. The lowest BCUT2D eigenvalue weighted by molar-refractivity contribution is 0.474. The van der Waals surface area contributed by atoms with Gasteiger partial charge in [-0.15, -0.1) is 0 Å². The summed E-state index contributed by atoms with van der Waals surface area (Å²) in [7, 11) is -6.01. The molecule has 0 radical (unpaired) electrons. The molecular formula is C44H64O4Si3. The molecule has 4 aromatic rings. The summed E-state index contributed by atoms with van der Waals surface area (Å²) in [5.41, 5.74) is 4.68. The van der Waals surface area contributed by atoms with Crippen molar-refractivity contribution in [2.24, 2.45) is 0 Å². The van der Waals surface area contributed by atoms with Crippen LogP contribution >= 0.6 is 0 Å². The zero-order valence-corrected chi connectivity index (χ0v) is 37.1. The second kappa shape index (κ2) is 14.6. The van der Waals surface area contributed by atoms with Gasteiger partial charge in [-0.3, -0.25) is 0 Å². The average molecular weight is 741 g/mol. The van der Waals surface area contributed by atoms with Gasteiger partial charge in [0.15, 0.2) is 0 Å². The molecule has 0 aliphatic rings. The molecule has 0 aliphatic carbocycles. The van der Waals surface area contributed by atoms with Crippen molar-refractivity contribution in [2.75, 3.05) is 0 Å². The van der Waals surface area contributed by atoms with Gasteiger partial charge in [0, 0.05) is 11.8 Å². The van der Waals surface area contributed by atoms with E-state index in [1.165, 1.54) is 16.7 Å². The van der Waals surface area contributed by atoms with Crippen LogP contribution in [0.2, 0.25) is 54.4 Å². The summed E-state index contributed by atoms with van der Waals surface area (Å²) in [4.78, 5) is 0. The first-order valence-corrected chi connectivity index (χ1v) is 27.2.